The molecule has 22 heavy (non-hydrogen) atoms. The number of nitrogens with one attached hydrogen (secondary N) is 1. The molecule has 1 saturated heterocycles. The molecule has 0 atom stereocenters. The molecule has 112 valence electrons. The fourth-order valence-electron chi connectivity index (χ4n) is 3.16. The van der Waals surface area contributed by atoms with Gasteiger partial charge in [0.05, 0.1) is 6.20 Å². The Morgan fingerprint density at radius 1 is 1.18 bits per heavy atom. The number of H-pyrrole nitrogens is 1. The van der Waals surface area contributed by atoms with E-state index in [1.54, 1.807) is 0 Å². The molecule has 4 rings (SSSR count). The maximum Gasteiger partial charge on any atom is 0.0565 e. The Labute approximate surface area is 134 Å². The van der Waals surface area contributed by atoms with Crippen molar-refractivity contribution in [1.82, 2.24) is 15.1 Å². The third-order valence-electron chi connectivity index (χ3n) is 4.27. The number of hydrogen-bond donors (Lipinski definition) is 1. The van der Waals surface area contributed by atoms with Crippen molar-refractivity contribution in [2.24, 2.45) is 5.92 Å². The van der Waals surface area contributed by atoms with Crippen LogP contribution in [0.2, 0.25) is 0 Å². The van der Waals surface area contributed by atoms with Gasteiger partial charge in [0.1, 0.15) is 0 Å². The van der Waals surface area contributed by atoms with E-state index < -0.39 is 0 Å². The van der Waals surface area contributed by atoms with Crippen molar-refractivity contribution in [3.05, 3.63) is 64.6 Å². The number of aromatic amines is 1. The molecule has 0 aliphatic carbocycles. The molecule has 3 aromatic rings. The first kappa shape index (κ1) is 13.7. The average molecular weight is 309 g/mol. The maximum atomic E-state index is 4.03. The summed E-state index contributed by atoms with van der Waals surface area (Å²) in [6.07, 6.45) is 5.06. The summed E-state index contributed by atoms with van der Waals surface area (Å²) in [5.41, 5.74) is 3.77. The van der Waals surface area contributed by atoms with Gasteiger partial charge in [-0.05, 0) is 41.0 Å². The van der Waals surface area contributed by atoms with Gasteiger partial charge in [0.15, 0.2) is 0 Å². The van der Waals surface area contributed by atoms with Gasteiger partial charge in [0.25, 0.3) is 0 Å². The number of rotatable bonds is 5. The molecule has 1 aliphatic rings. The molecule has 1 fully saturated rings. The number of thiophene rings is 1. The van der Waals surface area contributed by atoms with Crippen molar-refractivity contribution >= 4 is 11.3 Å². The molecule has 3 nitrogen and oxygen atoms in total. The minimum absolute atomic E-state index is 0.829. The third-order valence-corrected chi connectivity index (χ3v) is 5.17. The van der Waals surface area contributed by atoms with Crippen LogP contribution in [0.25, 0.3) is 11.1 Å². The fourth-order valence-corrected chi connectivity index (χ4v) is 3.99. The number of aromatic nitrogens is 2. The topological polar surface area (TPSA) is 31.9 Å². The highest BCUT2D eigenvalue weighted by molar-refractivity contribution is 7.09. The Kier molecular flexibility index (Phi) is 3.79. The molecule has 0 radical (unpaired) electrons. The Bertz CT molecular complexity index is 713. The average Bonchev–Trinajstić information content (AvgIpc) is 3.19. The Hall–Kier alpha value is -1.91. The first-order chi connectivity index (χ1) is 10.9. The SMILES string of the molecule is c1cc(CN2CC(Cc3cccs3)C2)cc(-c2cn[nH]c2)c1. The summed E-state index contributed by atoms with van der Waals surface area (Å²) in [6, 6.07) is 13.2. The van der Waals surface area contributed by atoms with Crippen LogP contribution in [0, 0.1) is 5.92 Å². The van der Waals surface area contributed by atoms with Gasteiger partial charge < -0.3 is 0 Å². The molecule has 1 aromatic carbocycles. The molecule has 0 saturated carbocycles. The van der Waals surface area contributed by atoms with Gasteiger partial charge >= 0.3 is 0 Å². The lowest BCUT2D eigenvalue weighted by molar-refractivity contribution is 0.0932. The Morgan fingerprint density at radius 3 is 2.91 bits per heavy atom. The number of hydrogen-bond acceptors (Lipinski definition) is 3. The van der Waals surface area contributed by atoms with Crippen LogP contribution in [-0.2, 0) is 13.0 Å². The van der Waals surface area contributed by atoms with E-state index in [9.17, 15) is 0 Å². The zero-order valence-corrected chi connectivity index (χ0v) is 13.2. The summed E-state index contributed by atoms with van der Waals surface area (Å²) in [7, 11) is 0. The van der Waals surface area contributed by atoms with Gasteiger partial charge in [-0.1, -0.05) is 24.3 Å². The largest absolute Gasteiger partial charge is 0.298 e. The molecule has 0 unspecified atom stereocenters. The number of likely N-dealkylation sites (tertiary alicyclic amines) is 1. The lowest BCUT2D eigenvalue weighted by Gasteiger charge is -2.39. The van der Waals surface area contributed by atoms with E-state index in [1.165, 1.54) is 35.5 Å². The van der Waals surface area contributed by atoms with Crippen LogP contribution in [0.15, 0.2) is 54.2 Å². The lowest BCUT2D eigenvalue weighted by Crippen LogP contribution is -2.46. The third kappa shape index (κ3) is 2.98. The highest BCUT2D eigenvalue weighted by Gasteiger charge is 2.26. The molecule has 1 aliphatic heterocycles. The summed E-state index contributed by atoms with van der Waals surface area (Å²) >= 11 is 1.88. The first-order valence-electron chi connectivity index (χ1n) is 7.69. The van der Waals surface area contributed by atoms with Crippen LogP contribution >= 0.6 is 11.3 Å². The van der Waals surface area contributed by atoms with Crippen molar-refractivity contribution < 1.29 is 0 Å². The summed E-state index contributed by atoms with van der Waals surface area (Å²) in [5.74, 6) is 0.829. The van der Waals surface area contributed by atoms with Crippen molar-refractivity contribution in [3.63, 3.8) is 0 Å². The summed E-state index contributed by atoms with van der Waals surface area (Å²) in [6.45, 7) is 3.48. The van der Waals surface area contributed by atoms with Gasteiger partial charge in [-0.15, -0.1) is 11.3 Å². The minimum atomic E-state index is 0.829. The van der Waals surface area contributed by atoms with Gasteiger partial charge in [-0.25, -0.2) is 0 Å². The molecule has 4 heteroatoms. The zero-order chi connectivity index (χ0) is 14.8. The molecular weight excluding hydrogens is 290 g/mol. The highest BCUT2D eigenvalue weighted by atomic mass is 32.1. The second-order valence-electron chi connectivity index (χ2n) is 6.03. The van der Waals surface area contributed by atoms with E-state index in [2.05, 4.69) is 56.9 Å². The summed E-state index contributed by atoms with van der Waals surface area (Å²) < 4.78 is 0. The molecule has 0 spiro atoms. The van der Waals surface area contributed by atoms with E-state index in [1.807, 2.05) is 23.7 Å². The van der Waals surface area contributed by atoms with E-state index in [-0.39, 0.29) is 0 Å². The van der Waals surface area contributed by atoms with Gasteiger partial charge in [0, 0.05) is 36.3 Å². The first-order valence-corrected chi connectivity index (χ1v) is 8.57. The zero-order valence-electron chi connectivity index (χ0n) is 12.4. The summed E-state index contributed by atoms with van der Waals surface area (Å²) in [4.78, 5) is 4.05. The monoisotopic (exact) mass is 309 g/mol. The van der Waals surface area contributed by atoms with Crippen molar-refractivity contribution in [2.45, 2.75) is 13.0 Å². The summed E-state index contributed by atoms with van der Waals surface area (Å²) in [5, 5.41) is 9.08. The number of nitrogens with zero attached hydrogens (tertiary/aromatic N) is 2. The minimum Gasteiger partial charge on any atom is -0.298 e. The van der Waals surface area contributed by atoms with Gasteiger partial charge in [-0.3, -0.25) is 10.00 Å². The van der Waals surface area contributed by atoms with E-state index in [4.69, 9.17) is 0 Å². The Morgan fingerprint density at radius 2 is 2.14 bits per heavy atom. The lowest BCUT2D eigenvalue weighted by atomic mass is 9.94. The van der Waals surface area contributed by atoms with Gasteiger partial charge in [0.2, 0.25) is 0 Å². The molecule has 0 amide bonds. The number of benzene rings is 1. The maximum absolute atomic E-state index is 4.03. The van der Waals surface area contributed by atoms with Gasteiger partial charge in [-0.2, -0.15) is 5.10 Å². The van der Waals surface area contributed by atoms with Crippen molar-refractivity contribution in [1.29, 1.82) is 0 Å². The Balaban J connectivity index is 1.34. The normalized spacial score (nSPS) is 15.8. The standard InChI is InChI=1S/C18H19N3S/c1-3-14(7-16(4-1)17-9-19-20-10-17)11-21-12-15(13-21)8-18-5-2-6-22-18/h1-7,9-10,15H,8,11-13H2,(H,19,20). The van der Waals surface area contributed by atoms with Crippen LogP contribution in [-0.4, -0.2) is 28.2 Å². The van der Waals surface area contributed by atoms with Crippen LogP contribution < -0.4 is 0 Å². The predicted molar refractivity (Wildman–Crippen MR) is 90.8 cm³/mol. The second kappa shape index (κ2) is 6.07. The van der Waals surface area contributed by atoms with E-state index in [0.717, 1.165) is 18.0 Å². The smallest absolute Gasteiger partial charge is 0.0565 e. The molecular formula is C18H19N3S. The van der Waals surface area contributed by atoms with Crippen molar-refractivity contribution in [3.8, 4) is 11.1 Å². The molecule has 2 aromatic heterocycles. The van der Waals surface area contributed by atoms with Crippen LogP contribution in [0.5, 0.6) is 0 Å². The molecule has 1 N–H and O–H groups in total. The van der Waals surface area contributed by atoms with E-state index in [0.29, 0.717) is 0 Å². The fraction of sp³-hybridized carbons (Fsp3) is 0.278. The second-order valence-corrected chi connectivity index (χ2v) is 7.06. The quantitative estimate of drug-likeness (QED) is 0.777. The van der Waals surface area contributed by atoms with E-state index >= 15 is 0 Å². The van der Waals surface area contributed by atoms with Crippen LogP contribution in [0.4, 0.5) is 0 Å². The highest BCUT2D eigenvalue weighted by Crippen LogP contribution is 2.25. The molecule has 3 heterocycles. The predicted octanol–water partition coefficient (Wildman–Crippen LogP) is 3.81. The van der Waals surface area contributed by atoms with Crippen molar-refractivity contribution in [2.75, 3.05) is 13.1 Å². The van der Waals surface area contributed by atoms with Crippen LogP contribution in [0.3, 0.4) is 0 Å². The van der Waals surface area contributed by atoms with Crippen LogP contribution in [0.1, 0.15) is 10.4 Å². The molecule has 0 bridgehead atoms.